The molecule has 0 saturated heterocycles. The first-order valence-electron chi connectivity index (χ1n) is 12.4. The smallest absolute Gasteiger partial charge is 0.485 e. The molecular weight excluding hydrogens is 521 g/mol. The lowest BCUT2D eigenvalue weighted by atomic mass is 9.77. The number of hydrogen-bond acceptors (Lipinski definition) is 3. The number of rotatable bonds is 6. The van der Waals surface area contributed by atoms with Crippen LogP contribution in [-0.2, 0) is 27.4 Å². The van der Waals surface area contributed by atoms with Crippen molar-refractivity contribution in [3.63, 3.8) is 0 Å². The molecule has 0 aliphatic rings. The minimum atomic E-state index is -6.09. The zero-order valence-electron chi connectivity index (χ0n) is 22.4. The lowest BCUT2D eigenvalue weighted by Gasteiger charge is -2.26. The summed E-state index contributed by atoms with van der Waals surface area (Å²) in [6.45, 7) is 9.18. The molecule has 7 heteroatoms. The van der Waals surface area contributed by atoms with Crippen LogP contribution in [0.3, 0.4) is 0 Å². The highest BCUT2D eigenvalue weighted by Gasteiger charge is 2.37. The van der Waals surface area contributed by atoms with E-state index in [0.29, 0.717) is 0 Å². The van der Waals surface area contributed by atoms with Crippen molar-refractivity contribution in [1.29, 1.82) is 0 Å². The molecule has 0 N–H and O–H groups in total. The summed E-state index contributed by atoms with van der Waals surface area (Å²) in [5, 5.41) is 0. The molecule has 4 aromatic rings. The van der Waals surface area contributed by atoms with Gasteiger partial charge in [0.2, 0.25) is 0 Å². The molecule has 4 rings (SSSR count). The van der Waals surface area contributed by atoms with Crippen LogP contribution in [-0.4, -0.2) is 18.5 Å². The fourth-order valence-electron chi connectivity index (χ4n) is 4.36. The minimum Gasteiger partial charge on any atom is -0.741 e. The Bertz CT molecular complexity index is 1350. The molecular formula is C32H32F3O3S-. The predicted octanol–water partition coefficient (Wildman–Crippen LogP) is 7.98. The van der Waals surface area contributed by atoms with Crippen molar-refractivity contribution < 1.29 is 26.1 Å². The average Bonchev–Trinajstić information content (AvgIpc) is 2.90. The first-order chi connectivity index (χ1) is 18.1. The highest BCUT2D eigenvalue weighted by Crippen LogP contribution is 2.33. The largest absolute Gasteiger partial charge is 0.741 e. The standard InChI is InChI=1S/C31H32.CHF3O3S/c1-30(2,26-11-7-5-8-12-26)28-19-15-24(16-20-28)23-25-17-21-29(22-18-25)31(3,4)27-13-9-6-10-14-27;2-1(3,4)8(5,6)7/h5-22H,23H2,1-4H3;(H,5,6,7)/p-1. The van der Waals surface area contributed by atoms with E-state index >= 15 is 0 Å². The number of benzene rings is 4. The fourth-order valence-corrected chi connectivity index (χ4v) is 4.36. The minimum absolute atomic E-state index is 0.00442. The van der Waals surface area contributed by atoms with E-state index in [2.05, 4.69) is 137 Å². The molecule has 206 valence electrons. The van der Waals surface area contributed by atoms with Gasteiger partial charge in [0.1, 0.15) is 0 Å². The zero-order valence-corrected chi connectivity index (χ0v) is 23.2. The molecule has 0 spiro atoms. The summed E-state index contributed by atoms with van der Waals surface area (Å²) in [6.07, 6.45) is 0.956. The van der Waals surface area contributed by atoms with Crippen LogP contribution in [0.5, 0.6) is 0 Å². The highest BCUT2D eigenvalue weighted by molar-refractivity contribution is 7.86. The average molecular weight is 554 g/mol. The third-order valence-electron chi connectivity index (χ3n) is 7.03. The van der Waals surface area contributed by atoms with E-state index in [1.807, 2.05) is 0 Å². The maximum absolute atomic E-state index is 10.7. The van der Waals surface area contributed by atoms with Crippen molar-refractivity contribution in [3.8, 4) is 0 Å². The van der Waals surface area contributed by atoms with E-state index in [4.69, 9.17) is 13.0 Å². The summed E-state index contributed by atoms with van der Waals surface area (Å²) >= 11 is 0. The Labute approximate surface area is 229 Å². The molecule has 0 heterocycles. The molecule has 0 unspecified atom stereocenters. The van der Waals surface area contributed by atoms with E-state index in [1.54, 1.807) is 0 Å². The van der Waals surface area contributed by atoms with E-state index in [9.17, 15) is 13.2 Å². The summed E-state index contributed by atoms with van der Waals surface area (Å²) in [4.78, 5) is 0. The topological polar surface area (TPSA) is 57.2 Å². The van der Waals surface area contributed by atoms with Crippen LogP contribution >= 0.6 is 0 Å². The van der Waals surface area contributed by atoms with E-state index in [1.165, 1.54) is 33.4 Å². The van der Waals surface area contributed by atoms with E-state index in [-0.39, 0.29) is 10.8 Å². The Morgan fingerprint density at radius 3 is 1.05 bits per heavy atom. The van der Waals surface area contributed by atoms with Crippen molar-refractivity contribution in [1.82, 2.24) is 0 Å². The quantitative estimate of drug-likeness (QED) is 0.180. The van der Waals surface area contributed by atoms with Gasteiger partial charge in [-0.2, -0.15) is 13.2 Å². The molecule has 0 saturated carbocycles. The summed E-state index contributed by atoms with van der Waals surface area (Å²) in [7, 11) is -6.09. The van der Waals surface area contributed by atoms with Gasteiger partial charge in [0, 0.05) is 10.8 Å². The Morgan fingerprint density at radius 2 is 0.795 bits per heavy atom. The monoisotopic (exact) mass is 553 g/mol. The molecule has 0 aromatic heterocycles. The molecule has 3 nitrogen and oxygen atoms in total. The fraction of sp³-hybridized carbons (Fsp3) is 0.250. The van der Waals surface area contributed by atoms with E-state index in [0.717, 1.165) is 6.42 Å². The predicted molar refractivity (Wildman–Crippen MR) is 149 cm³/mol. The Hall–Kier alpha value is -3.42. The van der Waals surface area contributed by atoms with Crippen LogP contribution in [0.4, 0.5) is 13.2 Å². The van der Waals surface area contributed by atoms with Crippen LogP contribution in [0.15, 0.2) is 109 Å². The van der Waals surface area contributed by atoms with Crippen molar-refractivity contribution in [3.05, 3.63) is 143 Å². The lowest BCUT2D eigenvalue weighted by Crippen LogP contribution is -2.21. The molecule has 0 aliphatic heterocycles. The number of hydrogen-bond donors (Lipinski definition) is 0. The lowest BCUT2D eigenvalue weighted by molar-refractivity contribution is -0.0517. The molecule has 4 aromatic carbocycles. The van der Waals surface area contributed by atoms with Crippen molar-refractivity contribution in [2.75, 3.05) is 0 Å². The molecule has 0 fully saturated rings. The van der Waals surface area contributed by atoms with Gasteiger partial charge < -0.3 is 4.55 Å². The zero-order chi connectivity index (χ0) is 28.9. The van der Waals surface area contributed by atoms with Crippen LogP contribution in [0, 0.1) is 0 Å². The molecule has 0 atom stereocenters. The van der Waals surface area contributed by atoms with Gasteiger partial charge in [-0.25, -0.2) is 8.42 Å². The van der Waals surface area contributed by atoms with Gasteiger partial charge >= 0.3 is 5.51 Å². The molecule has 0 radical (unpaired) electrons. The van der Waals surface area contributed by atoms with Gasteiger partial charge in [0.25, 0.3) is 0 Å². The van der Waals surface area contributed by atoms with Crippen LogP contribution < -0.4 is 0 Å². The van der Waals surface area contributed by atoms with Crippen LogP contribution in [0.25, 0.3) is 0 Å². The molecule has 0 aliphatic carbocycles. The van der Waals surface area contributed by atoms with Gasteiger partial charge in [-0.05, 0) is 39.8 Å². The SMILES string of the molecule is CC(C)(c1ccccc1)c1ccc(Cc2ccc(C(C)(C)c3ccccc3)cc2)cc1.O=S(=O)([O-])C(F)(F)F. The summed E-state index contributed by atoms with van der Waals surface area (Å²) in [5.74, 6) is 0. The first-order valence-corrected chi connectivity index (χ1v) is 13.9. The van der Waals surface area contributed by atoms with Gasteiger partial charge in [-0.1, -0.05) is 137 Å². The highest BCUT2D eigenvalue weighted by atomic mass is 32.2. The summed E-state index contributed by atoms with van der Waals surface area (Å²) in [5.41, 5.74) is 2.45. The van der Waals surface area contributed by atoms with Gasteiger partial charge in [0.15, 0.2) is 10.1 Å². The normalized spacial score (nSPS) is 12.4. The maximum Gasteiger partial charge on any atom is 0.485 e. The second-order valence-corrected chi connectivity index (χ2v) is 11.8. The number of alkyl halides is 3. The van der Waals surface area contributed by atoms with E-state index < -0.39 is 15.6 Å². The van der Waals surface area contributed by atoms with Crippen LogP contribution in [0.1, 0.15) is 61.1 Å². The van der Waals surface area contributed by atoms with Crippen LogP contribution in [0.2, 0.25) is 0 Å². The van der Waals surface area contributed by atoms with Crippen molar-refractivity contribution >= 4 is 10.1 Å². The Kier molecular flexibility index (Phi) is 9.08. The second-order valence-electron chi connectivity index (χ2n) is 10.5. The van der Waals surface area contributed by atoms with Crippen molar-refractivity contribution in [2.45, 2.75) is 50.5 Å². The second kappa shape index (κ2) is 11.8. The van der Waals surface area contributed by atoms with Gasteiger partial charge in [-0.15, -0.1) is 0 Å². The third kappa shape index (κ3) is 7.58. The van der Waals surface area contributed by atoms with Gasteiger partial charge in [-0.3, -0.25) is 0 Å². The van der Waals surface area contributed by atoms with Gasteiger partial charge in [0.05, 0.1) is 0 Å². The maximum atomic E-state index is 10.7. The third-order valence-corrected chi connectivity index (χ3v) is 7.60. The molecule has 39 heavy (non-hydrogen) atoms. The Morgan fingerprint density at radius 1 is 0.538 bits per heavy atom. The summed E-state index contributed by atoms with van der Waals surface area (Å²) in [6, 6.07) is 39.8. The summed E-state index contributed by atoms with van der Waals surface area (Å²) < 4.78 is 58.9. The molecule has 0 bridgehead atoms. The molecule has 0 amide bonds. The Balaban J connectivity index is 0.000000459. The van der Waals surface area contributed by atoms with Crippen molar-refractivity contribution in [2.24, 2.45) is 0 Å². The number of halogens is 3. The first kappa shape index (κ1) is 30.1.